The predicted molar refractivity (Wildman–Crippen MR) is 60.9 cm³/mol. The van der Waals surface area contributed by atoms with E-state index in [2.05, 4.69) is 15.9 Å². The number of benzene rings is 1. The highest BCUT2D eigenvalue weighted by Gasteiger charge is 2.34. The van der Waals surface area contributed by atoms with Crippen molar-refractivity contribution in [3.05, 3.63) is 34.9 Å². The summed E-state index contributed by atoms with van der Waals surface area (Å²) in [5.41, 5.74) is 0.992. The van der Waals surface area contributed by atoms with Gasteiger partial charge >= 0.3 is 0 Å². The summed E-state index contributed by atoms with van der Waals surface area (Å²) < 4.78 is 0. The number of Topliss-reactive ketones (excluding diaryl/α,β-unsaturated/α-hetero) is 1. The van der Waals surface area contributed by atoms with Crippen LogP contribution in [0, 0.1) is 5.92 Å². The molecule has 0 spiro atoms. The summed E-state index contributed by atoms with van der Waals surface area (Å²) in [7, 11) is 0. The Morgan fingerprint density at radius 3 is 2.43 bits per heavy atom. The fourth-order valence-corrected chi connectivity index (χ4v) is 2.18. The first-order valence-electron chi connectivity index (χ1n) is 4.62. The first-order valence-corrected chi connectivity index (χ1v) is 5.91. The Labute approximate surface area is 96.6 Å². The van der Waals surface area contributed by atoms with Gasteiger partial charge in [-0.1, -0.05) is 39.7 Å². The predicted octanol–water partition coefficient (Wildman–Crippen LogP) is 3.76. The van der Waals surface area contributed by atoms with Gasteiger partial charge in [-0.2, -0.15) is 0 Å². The molecular weight excluding hydrogens is 263 g/mol. The fraction of sp³-hybridized carbons (Fsp3) is 0.364. The molecule has 14 heavy (non-hydrogen) atoms. The Morgan fingerprint density at radius 1 is 1.36 bits per heavy atom. The van der Waals surface area contributed by atoms with Crippen LogP contribution in [0.5, 0.6) is 0 Å². The van der Waals surface area contributed by atoms with E-state index < -0.39 is 0 Å². The standard InChI is InChI=1S/C11H10BrClO/c12-10(11(14)8-1-2-8)7-3-5-9(13)6-4-7/h3-6,8,10H,1-2H2. The Bertz CT molecular complexity index is 343. The average Bonchev–Trinajstić information content (AvgIpc) is 3.00. The van der Waals surface area contributed by atoms with Crippen molar-refractivity contribution < 1.29 is 4.79 Å². The number of halogens is 2. The van der Waals surface area contributed by atoms with Crippen molar-refractivity contribution in [1.82, 2.24) is 0 Å². The summed E-state index contributed by atoms with van der Waals surface area (Å²) in [6.07, 6.45) is 2.10. The largest absolute Gasteiger partial charge is 0.298 e. The Hall–Kier alpha value is -0.340. The van der Waals surface area contributed by atoms with Gasteiger partial charge in [0.05, 0.1) is 4.83 Å². The highest BCUT2D eigenvalue weighted by Crippen LogP contribution is 2.38. The van der Waals surface area contributed by atoms with Crippen LogP contribution in [0.15, 0.2) is 24.3 Å². The van der Waals surface area contributed by atoms with Crippen LogP contribution in [0.2, 0.25) is 5.02 Å². The molecule has 0 aromatic heterocycles. The van der Waals surface area contributed by atoms with Gasteiger partial charge in [-0.3, -0.25) is 4.79 Å². The van der Waals surface area contributed by atoms with Crippen LogP contribution < -0.4 is 0 Å². The maximum atomic E-state index is 11.7. The van der Waals surface area contributed by atoms with Gasteiger partial charge in [-0.15, -0.1) is 0 Å². The second-order valence-corrected chi connectivity index (χ2v) is 4.94. The normalized spacial score (nSPS) is 17.9. The molecule has 1 unspecified atom stereocenters. The first kappa shape index (κ1) is 10.2. The summed E-state index contributed by atoms with van der Waals surface area (Å²) in [4.78, 5) is 11.6. The molecule has 1 saturated carbocycles. The number of alkyl halides is 1. The summed E-state index contributed by atoms with van der Waals surface area (Å²) in [5, 5.41) is 0.701. The van der Waals surface area contributed by atoms with Crippen molar-refractivity contribution >= 4 is 33.3 Å². The van der Waals surface area contributed by atoms with Gasteiger partial charge in [0.25, 0.3) is 0 Å². The smallest absolute Gasteiger partial charge is 0.153 e. The number of carbonyl (C=O) groups is 1. The molecule has 0 aliphatic heterocycles. The molecule has 0 amide bonds. The van der Waals surface area contributed by atoms with Crippen LogP contribution >= 0.6 is 27.5 Å². The molecule has 1 aromatic carbocycles. The van der Waals surface area contributed by atoms with Crippen molar-refractivity contribution in [2.75, 3.05) is 0 Å². The second-order valence-electron chi connectivity index (χ2n) is 3.59. The Kier molecular flexibility index (Phi) is 2.93. The van der Waals surface area contributed by atoms with Crippen LogP contribution in [0.3, 0.4) is 0 Å². The Balaban J connectivity index is 2.13. The van der Waals surface area contributed by atoms with E-state index in [1.165, 1.54) is 0 Å². The maximum absolute atomic E-state index is 11.7. The third-order valence-corrected chi connectivity index (χ3v) is 3.62. The van der Waals surface area contributed by atoms with E-state index in [0.717, 1.165) is 18.4 Å². The molecule has 0 heterocycles. The monoisotopic (exact) mass is 272 g/mol. The highest BCUT2D eigenvalue weighted by atomic mass is 79.9. The number of ketones is 1. The molecule has 3 heteroatoms. The molecule has 74 valence electrons. The minimum atomic E-state index is -0.160. The van der Waals surface area contributed by atoms with Gasteiger partial charge in [-0.05, 0) is 30.5 Å². The lowest BCUT2D eigenvalue weighted by atomic mass is 10.1. The fourth-order valence-electron chi connectivity index (χ4n) is 1.37. The molecule has 1 aliphatic rings. The molecule has 1 nitrogen and oxygen atoms in total. The van der Waals surface area contributed by atoms with E-state index in [1.807, 2.05) is 24.3 Å². The second kappa shape index (κ2) is 4.03. The topological polar surface area (TPSA) is 17.1 Å². The van der Waals surface area contributed by atoms with Crippen molar-refractivity contribution in [1.29, 1.82) is 0 Å². The average molecular weight is 274 g/mol. The number of carbonyl (C=O) groups excluding carboxylic acids is 1. The minimum Gasteiger partial charge on any atom is -0.298 e. The lowest BCUT2D eigenvalue weighted by Gasteiger charge is -2.07. The zero-order chi connectivity index (χ0) is 10.1. The van der Waals surface area contributed by atoms with Gasteiger partial charge in [0.1, 0.15) is 0 Å². The van der Waals surface area contributed by atoms with Gasteiger partial charge < -0.3 is 0 Å². The van der Waals surface area contributed by atoms with Crippen LogP contribution in [0.25, 0.3) is 0 Å². The summed E-state index contributed by atoms with van der Waals surface area (Å²) >= 11 is 9.19. The van der Waals surface area contributed by atoms with Crippen molar-refractivity contribution in [3.63, 3.8) is 0 Å². The number of hydrogen-bond donors (Lipinski definition) is 0. The van der Waals surface area contributed by atoms with Gasteiger partial charge in [0.2, 0.25) is 0 Å². The third-order valence-electron chi connectivity index (χ3n) is 2.39. The minimum absolute atomic E-state index is 0.160. The first-order chi connectivity index (χ1) is 6.68. The molecule has 0 radical (unpaired) electrons. The molecule has 1 atom stereocenters. The SMILES string of the molecule is O=C(C1CC1)C(Br)c1ccc(Cl)cc1. The van der Waals surface area contributed by atoms with E-state index in [9.17, 15) is 4.79 Å². The molecule has 1 aromatic rings. The van der Waals surface area contributed by atoms with E-state index in [1.54, 1.807) is 0 Å². The zero-order valence-corrected chi connectivity index (χ0v) is 9.88. The molecular formula is C11H10BrClO. The Morgan fingerprint density at radius 2 is 1.93 bits per heavy atom. The molecule has 1 fully saturated rings. The van der Waals surface area contributed by atoms with E-state index >= 15 is 0 Å². The molecule has 0 saturated heterocycles. The van der Waals surface area contributed by atoms with Crippen LogP contribution in [-0.4, -0.2) is 5.78 Å². The molecule has 0 N–H and O–H groups in total. The third kappa shape index (κ3) is 2.18. The maximum Gasteiger partial charge on any atom is 0.153 e. The molecule has 1 aliphatic carbocycles. The van der Waals surface area contributed by atoms with E-state index in [0.29, 0.717) is 10.8 Å². The van der Waals surface area contributed by atoms with Gasteiger partial charge in [0.15, 0.2) is 5.78 Å². The summed E-state index contributed by atoms with van der Waals surface area (Å²) in [5.74, 6) is 0.586. The molecule has 2 rings (SSSR count). The summed E-state index contributed by atoms with van der Waals surface area (Å²) in [6.45, 7) is 0. The number of hydrogen-bond acceptors (Lipinski definition) is 1. The van der Waals surface area contributed by atoms with Crippen LogP contribution in [0.4, 0.5) is 0 Å². The van der Waals surface area contributed by atoms with Crippen LogP contribution in [-0.2, 0) is 4.79 Å². The van der Waals surface area contributed by atoms with Crippen molar-refractivity contribution in [2.24, 2.45) is 5.92 Å². The van der Waals surface area contributed by atoms with Crippen molar-refractivity contribution in [2.45, 2.75) is 17.7 Å². The van der Waals surface area contributed by atoms with Gasteiger partial charge in [-0.25, -0.2) is 0 Å². The quantitative estimate of drug-likeness (QED) is 0.767. The van der Waals surface area contributed by atoms with Gasteiger partial charge in [0, 0.05) is 10.9 Å². The van der Waals surface area contributed by atoms with E-state index in [-0.39, 0.29) is 10.7 Å². The van der Waals surface area contributed by atoms with Crippen molar-refractivity contribution in [3.8, 4) is 0 Å². The highest BCUT2D eigenvalue weighted by molar-refractivity contribution is 9.09. The number of rotatable bonds is 3. The van der Waals surface area contributed by atoms with Crippen LogP contribution in [0.1, 0.15) is 23.2 Å². The molecule has 0 bridgehead atoms. The van der Waals surface area contributed by atoms with E-state index in [4.69, 9.17) is 11.6 Å². The zero-order valence-electron chi connectivity index (χ0n) is 7.54. The summed E-state index contributed by atoms with van der Waals surface area (Å²) in [6, 6.07) is 7.40. The lowest BCUT2D eigenvalue weighted by Crippen LogP contribution is -2.08. The lowest BCUT2D eigenvalue weighted by molar-refractivity contribution is -0.119.